The summed E-state index contributed by atoms with van der Waals surface area (Å²) in [5, 5.41) is 21.9. The lowest BCUT2D eigenvalue weighted by Crippen LogP contribution is -2.62. The predicted octanol–water partition coefficient (Wildman–Crippen LogP) is 5.02. The number of aliphatic hydroxyl groups excluding tert-OH is 2. The topological polar surface area (TPSA) is 40.5 Å². The Labute approximate surface area is 154 Å². The molecule has 4 fully saturated rings. The lowest BCUT2D eigenvalue weighted by Gasteiger charge is -2.64. The van der Waals surface area contributed by atoms with Gasteiger partial charge in [-0.25, -0.2) is 0 Å². The van der Waals surface area contributed by atoms with Gasteiger partial charge in [-0.1, -0.05) is 40.5 Å². The van der Waals surface area contributed by atoms with Gasteiger partial charge in [0.1, 0.15) is 0 Å². The highest BCUT2D eigenvalue weighted by atomic mass is 16.3. The summed E-state index contributed by atoms with van der Waals surface area (Å²) >= 11 is 0. The van der Waals surface area contributed by atoms with Gasteiger partial charge >= 0.3 is 0 Å². The maximum absolute atomic E-state index is 11.5. The van der Waals surface area contributed by atoms with Crippen LogP contribution in [0.4, 0.5) is 0 Å². The van der Waals surface area contributed by atoms with Gasteiger partial charge in [-0.05, 0) is 91.3 Å². The Morgan fingerprint density at radius 3 is 2.16 bits per heavy atom. The van der Waals surface area contributed by atoms with Crippen LogP contribution in [0.15, 0.2) is 0 Å². The first-order valence-electron chi connectivity index (χ1n) is 11.2. The van der Waals surface area contributed by atoms with Crippen LogP contribution in [0.5, 0.6) is 0 Å². The molecule has 2 heteroatoms. The van der Waals surface area contributed by atoms with E-state index in [1.807, 2.05) is 0 Å². The molecule has 4 saturated carbocycles. The lowest BCUT2D eigenvalue weighted by atomic mass is 9.41. The van der Waals surface area contributed by atoms with Crippen molar-refractivity contribution >= 4 is 0 Å². The first-order chi connectivity index (χ1) is 11.9. The molecule has 0 spiro atoms. The van der Waals surface area contributed by atoms with Gasteiger partial charge in [0.25, 0.3) is 0 Å². The van der Waals surface area contributed by atoms with Crippen molar-refractivity contribution in [1.29, 1.82) is 0 Å². The molecule has 0 aromatic carbocycles. The van der Waals surface area contributed by atoms with Crippen LogP contribution in [-0.2, 0) is 0 Å². The monoisotopic (exact) mass is 348 g/mol. The number of aliphatic hydroxyl groups is 2. The minimum atomic E-state index is -0.140. The van der Waals surface area contributed by atoms with Gasteiger partial charge < -0.3 is 10.2 Å². The smallest absolute Gasteiger partial charge is 0.0605 e. The van der Waals surface area contributed by atoms with Crippen LogP contribution in [0, 0.1) is 46.3 Å². The SMILES string of the molecule is CC[C@H]1CCC2C3C(O)[C@H](CC)[C@@H]4C[C@H](O)CC[C@]4(C)C3CC[C@@]21C. The van der Waals surface area contributed by atoms with E-state index in [4.69, 9.17) is 0 Å². The third-order valence-corrected chi connectivity index (χ3v) is 10.1. The second kappa shape index (κ2) is 6.23. The zero-order chi connectivity index (χ0) is 18.0. The van der Waals surface area contributed by atoms with Crippen LogP contribution < -0.4 is 0 Å². The molecule has 4 unspecified atom stereocenters. The summed E-state index contributed by atoms with van der Waals surface area (Å²) in [5.41, 5.74) is 0.808. The molecule has 144 valence electrons. The quantitative estimate of drug-likeness (QED) is 0.735. The molecule has 0 heterocycles. The van der Waals surface area contributed by atoms with Crippen LogP contribution in [0.3, 0.4) is 0 Å². The van der Waals surface area contributed by atoms with Crippen molar-refractivity contribution in [2.45, 2.75) is 97.7 Å². The van der Waals surface area contributed by atoms with Crippen molar-refractivity contribution in [1.82, 2.24) is 0 Å². The standard InChI is InChI=1S/C23H40O2/c1-5-14-7-8-17-20-18(10-12-22(14,17)3)23(4)11-9-15(24)13-19(23)16(6-2)21(20)25/h14-21,24-25H,5-13H2,1-4H3/t14-,15+,16+,17?,18?,19-,20?,21?,22+,23+/m0/s1. The van der Waals surface area contributed by atoms with Crippen molar-refractivity contribution in [3.63, 3.8) is 0 Å². The van der Waals surface area contributed by atoms with Crippen molar-refractivity contribution < 1.29 is 10.2 Å². The molecule has 0 aromatic rings. The van der Waals surface area contributed by atoms with E-state index in [9.17, 15) is 10.2 Å². The summed E-state index contributed by atoms with van der Waals surface area (Å²) < 4.78 is 0. The minimum absolute atomic E-state index is 0.138. The zero-order valence-corrected chi connectivity index (χ0v) is 16.9. The molecular weight excluding hydrogens is 308 g/mol. The van der Waals surface area contributed by atoms with Crippen LogP contribution in [-0.4, -0.2) is 22.4 Å². The lowest BCUT2D eigenvalue weighted by molar-refractivity contribution is -0.202. The van der Waals surface area contributed by atoms with Crippen molar-refractivity contribution in [3.8, 4) is 0 Å². The van der Waals surface area contributed by atoms with Crippen LogP contribution in [0.25, 0.3) is 0 Å². The number of fused-ring (bicyclic) bond motifs is 5. The van der Waals surface area contributed by atoms with E-state index < -0.39 is 0 Å². The largest absolute Gasteiger partial charge is 0.393 e. The molecule has 4 aliphatic carbocycles. The van der Waals surface area contributed by atoms with E-state index in [0.717, 1.165) is 31.1 Å². The third kappa shape index (κ3) is 2.42. The molecule has 0 radical (unpaired) electrons. The Hall–Kier alpha value is -0.0800. The summed E-state index contributed by atoms with van der Waals surface area (Å²) in [6.07, 6.45) is 10.6. The first kappa shape index (κ1) is 18.3. The summed E-state index contributed by atoms with van der Waals surface area (Å²) in [6, 6.07) is 0. The van der Waals surface area contributed by atoms with Gasteiger partial charge in [0.15, 0.2) is 0 Å². The van der Waals surface area contributed by atoms with Gasteiger partial charge in [0.2, 0.25) is 0 Å². The fourth-order valence-corrected chi connectivity index (χ4v) is 8.74. The maximum atomic E-state index is 11.5. The molecule has 10 atom stereocenters. The van der Waals surface area contributed by atoms with E-state index in [2.05, 4.69) is 27.7 Å². The number of hydrogen-bond donors (Lipinski definition) is 2. The molecule has 0 aromatic heterocycles. The highest BCUT2D eigenvalue weighted by molar-refractivity contribution is 5.13. The van der Waals surface area contributed by atoms with Gasteiger partial charge in [0.05, 0.1) is 12.2 Å². The predicted molar refractivity (Wildman–Crippen MR) is 102 cm³/mol. The van der Waals surface area contributed by atoms with E-state index in [0.29, 0.717) is 34.5 Å². The fourth-order valence-electron chi connectivity index (χ4n) is 8.74. The van der Waals surface area contributed by atoms with Crippen LogP contribution in [0.2, 0.25) is 0 Å². The third-order valence-electron chi connectivity index (χ3n) is 10.1. The van der Waals surface area contributed by atoms with Crippen LogP contribution >= 0.6 is 0 Å². The van der Waals surface area contributed by atoms with Crippen molar-refractivity contribution in [2.75, 3.05) is 0 Å². The van der Waals surface area contributed by atoms with Gasteiger partial charge in [-0.2, -0.15) is 0 Å². The summed E-state index contributed by atoms with van der Waals surface area (Å²) in [7, 11) is 0. The Bertz CT molecular complexity index is 504. The molecule has 0 bridgehead atoms. The second-order valence-electron chi connectivity index (χ2n) is 10.6. The highest BCUT2D eigenvalue weighted by Gasteiger charge is 2.64. The molecule has 4 aliphatic rings. The molecule has 2 N–H and O–H groups in total. The second-order valence-corrected chi connectivity index (χ2v) is 10.6. The summed E-state index contributed by atoms with van der Waals surface area (Å²) in [4.78, 5) is 0. The fraction of sp³-hybridized carbons (Fsp3) is 1.00. The maximum Gasteiger partial charge on any atom is 0.0605 e. The van der Waals surface area contributed by atoms with Gasteiger partial charge in [-0.3, -0.25) is 0 Å². The zero-order valence-electron chi connectivity index (χ0n) is 16.9. The molecule has 0 aliphatic heterocycles. The Kier molecular flexibility index (Phi) is 4.56. The minimum Gasteiger partial charge on any atom is -0.393 e. The molecule has 0 amide bonds. The van der Waals surface area contributed by atoms with E-state index >= 15 is 0 Å². The Morgan fingerprint density at radius 1 is 0.800 bits per heavy atom. The Morgan fingerprint density at radius 2 is 1.48 bits per heavy atom. The number of rotatable bonds is 2. The molecular formula is C23H40O2. The van der Waals surface area contributed by atoms with E-state index in [-0.39, 0.29) is 12.2 Å². The van der Waals surface area contributed by atoms with Gasteiger partial charge in [0, 0.05) is 0 Å². The van der Waals surface area contributed by atoms with Crippen LogP contribution in [0.1, 0.15) is 85.5 Å². The first-order valence-corrected chi connectivity index (χ1v) is 11.2. The molecule has 4 rings (SSSR count). The highest BCUT2D eigenvalue weighted by Crippen LogP contribution is 2.68. The van der Waals surface area contributed by atoms with E-state index in [1.165, 1.54) is 38.5 Å². The molecule has 0 saturated heterocycles. The van der Waals surface area contributed by atoms with Crippen molar-refractivity contribution in [3.05, 3.63) is 0 Å². The average Bonchev–Trinajstić information content (AvgIpc) is 2.93. The van der Waals surface area contributed by atoms with Gasteiger partial charge in [-0.15, -0.1) is 0 Å². The summed E-state index contributed by atoms with van der Waals surface area (Å²) in [6.45, 7) is 9.73. The number of hydrogen-bond acceptors (Lipinski definition) is 2. The normalized spacial score (nSPS) is 58.3. The average molecular weight is 349 g/mol. The Balaban J connectivity index is 1.72. The summed E-state index contributed by atoms with van der Waals surface area (Å²) in [5.74, 6) is 3.69. The van der Waals surface area contributed by atoms with Crippen molar-refractivity contribution in [2.24, 2.45) is 46.3 Å². The molecule has 2 nitrogen and oxygen atoms in total. The molecule has 25 heavy (non-hydrogen) atoms. The van der Waals surface area contributed by atoms with E-state index in [1.54, 1.807) is 0 Å².